The topological polar surface area (TPSA) is 101 Å². The first-order valence-electron chi connectivity index (χ1n) is 12.1. The summed E-state index contributed by atoms with van der Waals surface area (Å²) >= 11 is 0. The second-order valence-electron chi connectivity index (χ2n) is 9.02. The number of aromatic nitrogens is 5. The Morgan fingerprint density at radius 3 is 2.53 bits per heavy atom. The third-order valence-electron chi connectivity index (χ3n) is 6.75. The molecule has 0 amide bonds. The van der Waals surface area contributed by atoms with Crippen molar-refractivity contribution in [3.8, 4) is 5.75 Å². The van der Waals surface area contributed by atoms with Gasteiger partial charge >= 0.3 is 0 Å². The first kappa shape index (κ1) is 24.0. The highest BCUT2D eigenvalue weighted by atomic mass is 16.5. The molecular weight excluding hydrogens is 458 g/mol. The number of nitrogens with one attached hydrogen (secondary N) is 1. The third kappa shape index (κ3) is 4.82. The van der Waals surface area contributed by atoms with E-state index in [0.717, 1.165) is 54.1 Å². The number of methoxy groups -OCH3 is 2. The number of pyridine rings is 1. The number of piperazine rings is 1. The van der Waals surface area contributed by atoms with Crippen molar-refractivity contribution in [2.75, 3.05) is 51.9 Å². The monoisotopic (exact) mass is 489 g/mol. The molecule has 4 aromatic rings. The summed E-state index contributed by atoms with van der Waals surface area (Å²) in [5, 5.41) is 13.5. The quantitative estimate of drug-likeness (QED) is 0.403. The summed E-state index contributed by atoms with van der Waals surface area (Å²) in [5.41, 5.74) is 3.61. The smallest absolute Gasteiger partial charge is 0.253 e. The van der Waals surface area contributed by atoms with Crippen molar-refractivity contribution >= 4 is 16.6 Å². The summed E-state index contributed by atoms with van der Waals surface area (Å²) in [6.45, 7) is 6.15. The number of nitrogens with zero attached hydrogens (tertiary/aromatic N) is 6. The molecule has 3 heterocycles. The largest absolute Gasteiger partial charge is 0.497 e. The minimum absolute atomic E-state index is 0.129. The van der Waals surface area contributed by atoms with Gasteiger partial charge in [-0.05, 0) is 65.2 Å². The highest BCUT2D eigenvalue weighted by molar-refractivity contribution is 5.79. The van der Waals surface area contributed by atoms with Gasteiger partial charge in [-0.1, -0.05) is 11.6 Å². The fraction of sp³-hybridized carbons (Fsp3) is 0.385. The van der Waals surface area contributed by atoms with Crippen LogP contribution in [-0.2, 0) is 11.3 Å². The maximum absolute atomic E-state index is 13.4. The lowest BCUT2D eigenvalue weighted by molar-refractivity contribution is 0.171. The lowest BCUT2D eigenvalue weighted by Gasteiger charge is -2.39. The van der Waals surface area contributed by atoms with Crippen LogP contribution in [0.25, 0.3) is 10.9 Å². The number of benzene rings is 2. The number of tetrazole rings is 1. The van der Waals surface area contributed by atoms with E-state index in [4.69, 9.17) is 9.47 Å². The average molecular weight is 490 g/mol. The molecule has 36 heavy (non-hydrogen) atoms. The molecule has 1 saturated heterocycles. The summed E-state index contributed by atoms with van der Waals surface area (Å²) < 4.78 is 12.3. The minimum Gasteiger partial charge on any atom is -0.497 e. The molecular formula is C26H31N7O3. The van der Waals surface area contributed by atoms with Crippen LogP contribution in [0.5, 0.6) is 5.75 Å². The van der Waals surface area contributed by atoms with E-state index >= 15 is 0 Å². The summed E-state index contributed by atoms with van der Waals surface area (Å²) in [5.74, 6) is 1.48. The average Bonchev–Trinajstić information content (AvgIpc) is 3.36. The predicted octanol–water partition coefficient (Wildman–Crippen LogP) is 2.39. The Hall–Kier alpha value is -3.76. The molecule has 0 unspecified atom stereocenters. The lowest BCUT2D eigenvalue weighted by atomic mass is 10.0. The van der Waals surface area contributed by atoms with Gasteiger partial charge in [-0.3, -0.25) is 9.69 Å². The Bertz CT molecular complexity index is 1370. The second-order valence-corrected chi connectivity index (χ2v) is 9.02. The molecule has 10 nitrogen and oxygen atoms in total. The number of rotatable bonds is 8. The summed E-state index contributed by atoms with van der Waals surface area (Å²) in [4.78, 5) is 21.1. The number of hydrogen-bond donors (Lipinski definition) is 1. The van der Waals surface area contributed by atoms with Crippen LogP contribution in [0.15, 0.2) is 53.3 Å². The van der Waals surface area contributed by atoms with Crippen molar-refractivity contribution < 1.29 is 9.47 Å². The zero-order chi connectivity index (χ0) is 25.1. The molecule has 0 aliphatic carbocycles. The van der Waals surface area contributed by atoms with Crippen LogP contribution in [-0.4, -0.2) is 77.1 Å². The van der Waals surface area contributed by atoms with Crippen LogP contribution in [0.1, 0.15) is 23.0 Å². The van der Waals surface area contributed by atoms with Crippen LogP contribution in [0.3, 0.4) is 0 Å². The lowest BCUT2D eigenvalue weighted by Crippen LogP contribution is -2.49. The number of ether oxygens (including phenoxy) is 2. The molecule has 1 fully saturated rings. The van der Waals surface area contributed by atoms with Crippen LogP contribution in [0.4, 0.5) is 5.69 Å². The SMILES string of the molecule is COCCn1nnnc1[C@H](c1cc2cc(C)ccc2[nH]c1=O)N1CCN(c2ccc(OC)cc2)CC1. The molecule has 10 heteroatoms. The van der Waals surface area contributed by atoms with Gasteiger partial charge in [0.05, 0.1) is 20.3 Å². The maximum atomic E-state index is 13.4. The molecule has 0 saturated carbocycles. The zero-order valence-electron chi connectivity index (χ0n) is 20.8. The normalized spacial score (nSPS) is 15.4. The van der Waals surface area contributed by atoms with Gasteiger partial charge in [0.2, 0.25) is 0 Å². The van der Waals surface area contributed by atoms with E-state index in [9.17, 15) is 4.79 Å². The predicted molar refractivity (Wildman–Crippen MR) is 138 cm³/mol. The highest BCUT2D eigenvalue weighted by Gasteiger charge is 2.32. The van der Waals surface area contributed by atoms with Crippen LogP contribution in [0, 0.1) is 6.92 Å². The first-order valence-corrected chi connectivity index (χ1v) is 12.1. The van der Waals surface area contributed by atoms with E-state index in [1.165, 1.54) is 0 Å². The molecule has 1 N–H and O–H groups in total. The van der Waals surface area contributed by atoms with E-state index in [1.54, 1.807) is 18.9 Å². The van der Waals surface area contributed by atoms with Gasteiger partial charge in [-0.15, -0.1) is 5.10 Å². The van der Waals surface area contributed by atoms with Gasteiger partial charge in [0.25, 0.3) is 5.56 Å². The van der Waals surface area contributed by atoms with Crippen LogP contribution < -0.4 is 15.2 Å². The minimum atomic E-state index is -0.386. The van der Waals surface area contributed by atoms with Gasteiger partial charge in [-0.25, -0.2) is 4.68 Å². The van der Waals surface area contributed by atoms with Crippen molar-refractivity contribution in [1.82, 2.24) is 30.1 Å². The van der Waals surface area contributed by atoms with Gasteiger partial charge in [0.15, 0.2) is 5.82 Å². The third-order valence-corrected chi connectivity index (χ3v) is 6.75. The van der Waals surface area contributed by atoms with E-state index in [0.29, 0.717) is 24.5 Å². The fourth-order valence-corrected chi connectivity index (χ4v) is 4.82. The molecule has 5 rings (SSSR count). The van der Waals surface area contributed by atoms with Crippen molar-refractivity contribution in [3.63, 3.8) is 0 Å². The van der Waals surface area contributed by atoms with E-state index in [2.05, 4.69) is 48.5 Å². The number of anilines is 1. The van der Waals surface area contributed by atoms with Gasteiger partial charge in [-0.2, -0.15) is 0 Å². The number of H-pyrrole nitrogens is 1. The van der Waals surface area contributed by atoms with E-state index < -0.39 is 0 Å². The molecule has 1 aliphatic rings. The number of aromatic amines is 1. The Morgan fingerprint density at radius 2 is 1.81 bits per heavy atom. The summed E-state index contributed by atoms with van der Waals surface area (Å²) in [6.07, 6.45) is 0. The molecule has 2 aromatic carbocycles. The summed E-state index contributed by atoms with van der Waals surface area (Å²) in [6, 6.07) is 15.7. The Balaban J connectivity index is 1.49. The zero-order valence-corrected chi connectivity index (χ0v) is 20.8. The molecule has 188 valence electrons. The molecule has 0 radical (unpaired) electrons. The molecule has 2 aromatic heterocycles. The number of hydrogen-bond acceptors (Lipinski definition) is 8. The van der Waals surface area contributed by atoms with Crippen molar-refractivity contribution in [2.24, 2.45) is 0 Å². The first-order chi connectivity index (χ1) is 17.6. The Kier molecular flexibility index (Phi) is 6.97. The fourth-order valence-electron chi connectivity index (χ4n) is 4.82. The molecule has 0 bridgehead atoms. The number of aryl methyl sites for hydroxylation is 1. The highest BCUT2D eigenvalue weighted by Crippen LogP contribution is 2.29. The maximum Gasteiger partial charge on any atom is 0.253 e. The van der Waals surface area contributed by atoms with Crippen molar-refractivity contribution in [1.29, 1.82) is 0 Å². The van der Waals surface area contributed by atoms with Gasteiger partial charge in [0, 0.05) is 50.1 Å². The van der Waals surface area contributed by atoms with Gasteiger partial charge in [0.1, 0.15) is 11.8 Å². The second kappa shape index (κ2) is 10.5. The number of fused-ring (bicyclic) bond motifs is 1. The summed E-state index contributed by atoms with van der Waals surface area (Å²) in [7, 11) is 3.32. The molecule has 1 atom stereocenters. The van der Waals surface area contributed by atoms with Gasteiger partial charge < -0.3 is 19.4 Å². The van der Waals surface area contributed by atoms with E-state index in [1.807, 2.05) is 37.3 Å². The standard InChI is InChI=1S/C26H31N7O3/c1-18-4-9-23-19(16-18)17-22(26(34)27-23)24(25-28-29-30-33(25)14-15-35-2)32-12-10-31(11-13-32)20-5-7-21(36-3)8-6-20/h4-9,16-17,24H,10-15H2,1-3H3,(H,27,34)/t24-/m0/s1. The van der Waals surface area contributed by atoms with Crippen molar-refractivity contribution in [3.05, 3.63) is 75.8 Å². The van der Waals surface area contributed by atoms with Crippen molar-refractivity contribution in [2.45, 2.75) is 19.5 Å². The van der Waals surface area contributed by atoms with E-state index in [-0.39, 0.29) is 11.6 Å². The molecule has 1 aliphatic heterocycles. The van der Waals surface area contributed by atoms with Crippen LogP contribution in [0.2, 0.25) is 0 Å². The van der Waals surface area contributed by atoms with Crippen LogP contribution >= 0.6 is 0 Å². The Labute approximate surface area is 209 Å². The Morgan fingerprint density at radius 1 is 1.03 bits per heavy atom. The molecule has 0 spiro atoms.